The summed E-state index contributed by atoms with van der Waals surface area (Å²) >= 11 is 0. The van der Waals surface area contributed by atoms with Crippen molar-refractivity contribution in [2.75, 3.05) is 13.2 Å². The molecule has 0 radical (unpaired) electrons. The highest BCUT2D eigenvalue weighted by Crippen LogP contribution is 2.24. The number of nitrogens with zero attached hydrogens (tertiary/aromatic N) is 4. The highest BCUT2D eigenvalue weighted by atomic mass is 16.5. The van der Waals surface area contributed by atoms with Gasteiger partial charge in [0.1, 0.15) is 12.4 Å². The number of aromatic nitrogens is 3. The molecule has 0 saturated carbocycles. The lowest BCUT2D eigenvalue weighted by Gasteiger charge is -2.18. The van der Waals surface area contributed by atoms with Crippen LogP contribution in [0.15, 0.2) is 36.7 Å². The van der Waals surface area contributed by atoms with Crippen molar-refractivity contribution in [1.82, 2.24) is 20.1 Å². The average molecular weight is 319 g/mol. The first-order valence-corrected chi connectivity index (χ1v) is 7.49. The first-order valence-electron chi connectivity index (χ1n) is 7.49. The lowest BCUT2D eigenvalue weighted by atomic mass is 10.1. The van der Waals surface area contributed by atoms with Gasteiger partial charge in [0, 0.05) is 23.3 Å². The predicted molar refractivity (Wildman–Crippen MR) is 85.3 cm³/mol. The number of aromatic amines is 1. The van der Waals surface area contributed by atoms with Crippen molar-refractivity contribution in [3.05, 3.63) is 53.5 Å². The summed E-state index contributed by atoms with van der Waals surface area (Å²) < 4.78 is 5.67. The summed E-state index contributed by atoms with van der Waals surface area (Å²) in [5, 5.41) is 16.6. The molecule has 0 fully saturated rings. The van der Waals surface area contributed by atoms with Crippen LogP contribution in [0.3, 0.4) is 0 Å². The number of pyridine rings is 1. The number of ether oxygens (including phenoxy) is 1. The molecule has 3 heterocycles. The highest BCUT2D eigenvalue weighted by molar-refractivity contribution is 6.04. The molecule has 118 valence electrons. The van der Waals surface area contributed by atoms with E-state index >= 15 is 0 Å². The first kappa shape index (κ1) is 14.2. The van der Waals surface area contributed by atoms with E-state index in [9.17, 15) is 4.79 Å². The van der Waals surface area contributed by atoms with Gasteiger partial charge in [-0.3, -0.25) is 14.9 Å². The van der Waals surface area contributed by atoms with Crippen LogP contribution >= 0.6 is 0 Å². The fourth-order valence-corrected chi connectivity index (χ4v) is 2.80. The molecule has 7 nitrogen and oxygen atoms in total. The summed E-state index contributed by atoms with van der Waals surface area (Å²) in [6.07, 6.45) is 3.38. The van der Waals surface area contributed by atoms with Crippen LogP contribution in [-0.2, 0) is 6.54 Å². The van der Waals surface area contributed by atoms with Crippen LogP contribution in [-0.4, -0.2) is 39.1 Å². The largest absolute Gasteiger partial charge is 0.491 e. The molecule has 3 aromatic rings. The molecule has 0 aliphatic carbocycles. The first-order chi connectivity index (χ1) is 11.8. The maximum Gasteiger partial charge on any atom is 0.275 e. The molecule has 2 aromatic heterocycles. The van der Waals surface area contributed by atoms with Crippen LogP contribution in [0, 0.1) is 11.3 Å². The van der Waals surface area contributed by atoms with Gasteiger partial charge in [0.25, 0.3) is 5.91 Å². The van der Waals surface area contributed by atoms with Crippen LogP contribution in [0.4, 0.5) is 0 Å². The minimum Gasteiger partial charge on any atom is -0.491 e. The maximum absolute atomic E-state index is 12.9. The van der Waals surface area contributed by atoms with Gasteiger partial charge in [0.05, 0.1) is 30.2 Å². The summed E-state index contributed by atoms with van der Waals surface area (Å²) in [6, 6.07) is 8.98. The molecular weight excluding hydrogens is 306 g/mol. The van der Waals surface area contributed by atoms with Crippen LogP contribution in [0.1, 0.15) is 21.6 Å². The summed E-state index contributed by atoms with van der Waals surface area (Å²) in [6.45, 7) is 1.31. The summed E-state index contributed by atoms with van der Waals surface area (Å²) in [7, 11) is 0. The Labute approximate surface area is 137 Å². The topological polar surface area (TPSA) is 94.9 Å². The zero-order chi connectivity index (χ0) is 16.5. The normalized spacial score (nSPS) is 13.7. The van der Waals surface area contributed by atoms with E-state index in [1.165, 1.54) is 0 Å². The molecular formula is C17H13N5O2. The molecule has 4 rings (SSSR count). The fraction of sp³-hybridized carbons (Fsp3) is 0.176. The van der Waals surface area contributed by atoms with Gasteiger partial charge in [0.15, 0.2) is 5.69 Å². The van der Waals surface area contributed by atoms with Crippen LogP contribution < -0.4 is 4.74 Å². The van der Waals surface area contributed by atoms with E-state index in [4.69, 9.17) is 10.00 Å². The Balaban J connectivity index is 1.68. The lowest BCUT2D eigenvalue weighted by molar-refractivity contribution is 0.0729. The Morgan fingerprint density at radius 1 is 1.38 bits per heavy atom. The molecule has 1 N–H and O–H groups in total. The van der Waals surface area contributed by atoms with Crippen molar-refractivity contribution in [3.63, 3.8) is 0 Å². The smallest absolute Gasteiger partial charge is 0.275 e. The number of rotatable bonds is 1. The van der Waals surface area contributed by atoms with E-state index < -0.39 is 0 Å². The average Bonchev–Trinajstić information content (AvgIpc) is 2.91. The molecule has 1 amide bonds. The van der Waals surface area contributed by atoms with E-state index in [-0.39, 0.29) is 5.91 Å². The number of amides is 1. The zero-order valence-electron chi connectivity index (χ0n) is 12.7. The number of hydrogen-bond acceptors (Lipinski definition) is 5. The predicted octanol–water partition coefficient (Wildman–Crippen LogP) is 1.86. The van der Waals surface area contributed by atoms with Crippen molar-refractivity contribution in [1.29, 1.82) is 5.26 Å². The molecule has 24 heavy (non-hydrogen) atoms. The molecule has 0 atom stereocenters. The number of H-pyrrole nitrogens is 1. The van der Waals surface area contributed by atoms with Gasteiger partial charge >= 0.3 is 0 Å². The van der Waals surface area contributed by atoms with Gasteiger partial charge in [-0.1, -0.05) is 0 Å². The number of nitrogens with one attached hydrogen (secondary N) is 1. The number of benzene rings is 1. The molecule has 0 bridgehead atoms. The number of carbonyl (C=O) groups is 1. The third-order valence-electron chi connectivity index (χ3n) is 4.02. The summed E-state index contributed by atoms with van der Waals surface area (Å²) in [5.41, 5.74) is 2.41. The zero-order valence-corrected chi connectivity index (χ0v) is 12.7. The van der Waals surface area contributed by atoms with Crippen molar-refractivity contribution in [3.8, 4) is 11.8 Å². The Kier molecular flexibility index (Phi) is 3.35. The third-order valence-corrected chi connectivity index (χ3v) is 4.02. The van der Waals surface area contributed by atoms with E-state index in [0.29, 0.717) is 41.9 Å². The molecule has 7 heteroatoms. The molecule has 1 aliphatic heterocycles. The summed E-state index contributed by atoms with van der Waals surface area (Å²) in [4.78, 5) is 18.7. The number of fused-ring (bicyclic) bond motifs is 2. The number of hydrogen-bond donors (Lipinski definition) is 1. The maximum atomic E-state index is 12.9. The van der Waals surface area contributed by atoms with Gasteiger partial charge in [-0.15, -0.1) is 0 Å². The Hall–Kier alpha value is -3.40. The number of nitriles is 1. The number of carbonyl (C=O) groups excluding carboxylic acids is 1. The van der Waals surface area contributed by atoms with Crippen molar-refractivity contribution < 1.29 is 9.53 Å². The van der Waals surface area contributed by atoms with E-state index in [1.807, 2.05) is 0 Å². The third kappa shape index (κ3) is 2.34. The van der Waals surface area contributed by atoms with E-state index in [2.05, 4.69) is 21.3 Å². The summed E-state index contributed by atoms with van der Waals surface area (Å²) in [5.74, 6) is 0.581. The standard InChI is InChI=1S/C17H13N5O2/c18-8-11-1-2-13-14(7-11)20-21-16(13)17(23)22-5-6-24-15-3-4-19-9-12(15)10-22/h1-4,7,9H,5-6,10H2,(H,20,21). The van der Waals surface area contributed by atoms with E-state index in [1.54, 1.807) is 41.6 Å². The van der Waals surface area contributed by atoms with Gasteiger partial charge < -0.3 is 9.64 Å². The molecule has 0 spiro atoms. The van der Waals surface area contributed by atoms with Crippen LogP contribution in [0.25, 0.3) is 10.9 Å². The Morgan fingerprint density at radius 3 is 3.17 bits per heavy atom. The molecule has 0 saturated heterocycles. The molecule has 1 aliphatic rings. The van der Waals surface area contributed by atoms with Crippen molar-refractivity contribution >= 4 is 16.8 Å². The monoisotopic (exact) mass is 319 g/mol. The second kappa shape index (κ2) is 5.66. The highest BCUT2D eigenvalue weighted by Gasteiger charge is 2.24. The fourth-order valence-electron chi connectivity index (χ4n) is 2.80. The van der Waals surface area contributed by atoms with Crippen LogP contribution in [0.5, 0.6) is 5.75 Å². The van der Waals surface area contributed by atoms with E-state index in [0.717, 1.165) is 11.3 Å². The van der Waals surface area contributed by atoms with Gasteiger partial charge in [-0.25, -0.2) is 0 Å². The Morgan fingerprint density at radius 2 is 2.29 bits per heavy atom. The minimum absolute atomic E-state index is 0.175. The van der Waals surface area contributed by atoms with Gasteiger partial charge in [-0.05, 0) is 24.3 Å². The second-order valence-electron chi connectivity index (χ2n) is 5.50. The van der Waals surface area contributed by atoms with Crippen molar-refractivity contribution in [2.24, 2.45) is 0 Å². The quantitative estimate of drug-likeness (QED) is 0.739. The van der Waals surface area contributed by atoms with Gasteiger partial charge in [-0.2, -0.15) is 10.4 Å². The van der Waals surface area contributed by atoms with Gasteiger partial charge in [0.2, 0.25) is 0 Å². The molecule has 0 unspecified atom stereocenters. The second-order valence-corrected chi connectivity index (χ2v) is 5.50. The minimum atomic E-state index is -0.175. The van der Waals surface area contributed by atoms with Crippen molar-refractivity contribution in [2.45, 2.75) is 6.54 Å². The SMILES string of the molecule is N#Cc1ccc2c(C(=O)N3CCOc4ccncc4C3)n[nH]c2c1. The van der Waals surface area contributed by atoms with Crippen LogP contribution in [0.2, 0.25) is 0 Å². The Bertz CT molecular complexity index is 973. The molecule has 1 aromatic carbocycles. The lowest BCUT2D eigenvalue weighted by Crippen LogP contribution is -2.32.